The number of likely N-dealkylation sites (tertiary alicyclic amines) is 1. The Labute approximate surface area is 195 Å². The van der Waals surface area contributed by atoms with Gasteiger partial charge in [0, 0.05) is 44.4 Å². The van der Waals surface area contributed by atoms with Crippen molar-refractivity contribution in [2.75, 3.05) is 44.9 Å². The molecule has 1 amide bonds. The third-order valence-corrected chi connectivity index (χ3v) is 5.40. The van der Waals surface area contributed by atoms with Crippen LogP contribution in [0.5, 0.6) is 5.75 Å². The number of nitrogen functional groups attached to an aromatic ring is 1. The van der Waals surface area contributed by atoms with Crippen LogP contribution in [0.3, 0.4) is 0 Å². The molecule has 33 heavy (non-hydrogen) atoms. The van der Waals surface area contributed by atoms with Crippen LogP contribution in [0.15, 0.2) is 24.3 Å². The summed E-state index contributed by atoms with van der Waals surface area (Å²) < 4.78 is 17.0. The number of benzene rings is 1. The van der Waals surface area contributed by atoms with Crippen molar-refractivity contribution in [3.8, 4) is 17.0 Å². The first kappa shape index (κ1) is 24.6. The largest absolute Gasteiger partial charge is 0.493 e. The molecule has 0 radical (unpaired) electrons. The van der Waals surface area contributed by atoms with E-state index in [0.29, 0.717) is 38.0 Å². The van der Waals surface area contributed by atoms with Gasteiger partial charge in [0.25, 0.3) is 0 Å². The summed E-state index contributed by atoms with van der Waals surface area (Å²) in [5.41, 5.74) is 7.93. The fourth-order valence-electron chi connectivity index (χ4n) is 3.71. The van der Waals surface area contributed by atoms with Crippen LogP contribution in [-0.2, 0) is 16.1 Å². The van der Waals surface area contributed by atoms with Crippen molar-refractivity contribution in [2.24, 2.45) is 5.92 Å². The number of aromatic nitrogens is 2. The van der Waals surface area contributed by atoms with Crippen molar-refractivity contribution >= 4 is 17.9 Å². The third kappa shape index (κ3) is 6.95. The van der Waals surface area contributed by atoms with Gasteiger partial charge in [-0.3, -0.25) is 0 Å². The van der Waals surface area contributed by atoms with Gasteiger partial charge in [-0.25, -0.2) is 9.78 Å². The average Bonchev–Trinajstić information content (AvgIpc) is 2.77. The van der Waals surface area contributed by atoms with Crippen molar-refractivity contribution in [2.45, 2.75) is 45.8 Å². The number of nitrogens with two attached hydrogens (primary N) is 1. The Morgan fingerprint density at radius 2 is 1.94 bits per heavy atom. The summed E-state index contributed by atoms with van der Waals surface area (Å²) >= 11 is 0. The van der Waals surface area contributed by atoms with Crippen LogP contribution >= 0.6 is 0 Å². The molecule has 1 aliphatic rings. The van der Waals surface area contributed by atoms with E-state index in [-0.39, 0.29) is 12.0 Å². The van der Waals surface area contributed by atoms with E-state index in [4.69, 9.17) is 19.9 Å². The molecule has 1 aliphatic heterocycles. The number of carbonyl (C=O) groups is 1. The fourth-order valence-corrected chi connectivity index (χ4v) is 3.71. The number of anilines is 2. The molecule has 9 heteroatoms. The van der Waals surface area contributed by atoms with E-state index in [0.717, 1.165) is 35.4 Å². The Morgan fingerprint density at radius 3 is 2.58 bits per heavy atom. The number of hydrogen-bond donors (Lipinski definition) is 2. The molecule has 0 saturated carbocycles. The first-order valence-corrected chi connectivity index (χ1v) is 11.2. The van der Waals surface area contributed by atoms with Gasteiger partial charge in [-0.15, -0.1) is 0 Å². The Kier molecular flexibility index (Phi) is 7.97. The molecule has 0 atom stereocenters. The summed E-state index contributed by atoms with van der Waals surface area (Å²) in [7, 11) is 3.45. The van der Waals surface area contributed by atoms with Gasteiger partial charge < -0.3 is 30.2 Å². The van der Waals surface area contributed by atoms with E-state index in [2.05, 4.69) is 15.3 Å². The maximum atomic E-state index is 12.3. The lowest BCUT2D eigenvalue weighted by Gasteiger charge is -2.33. The third-order valence-electron chi connectivity index (χ3n) is 5.40. The van der Waals surface area contributed by atoms with Gasteiger partial charge in [-0.1, -0.05) is 0 Å². The summed E-state index contributed by atoms with van der Waals surface area (Å²) in [5.74, 6) is 2.02. The summed E-state index contributed by atoms with van der Waals surface area (Å²) in [6, 6.07) is 7.75. The van der Waals surface area contributed by atoms with Crippen LogP contribution in [-0.4, -0.2) is 60.4 Å². The van der Waals surface area contributed by atoms with Gasteiger partial charge in [0.2, 0.25) is 5.95 Å². The van der Waals surface area contributed by atoms with Gasteiger partial charge in [0.15, 0.2) is 0 Å². The SMILES string of the molecule is CNc1cc(-c2ccc(OCC3CCN(C(=O)OC(C)(C)C)CC3)c(COC)c2)nc(N)n1. The number of ether oxygens (including phenoxy) is 3. The van der Waals surface area contributed by atoms with Crippen molar-refractivity contribution in [3.05, 3.63) is 29.8 Å². The second-order valence-corrected chi connectivity index (χ2v) is 9.22. The molecule has 1 fully saturated rings. The van der Waals surface area contributed by atoms with E-state index >= 15 is 0 Å². The number of nitrogens with one attached hydrogen (secondary N) is 1. The summed E-state index contributed by atoms with van der Waals surface area (Å²) in [6.45, 7) is 8.00. The molecular formula is C24H35N5O4. The van der Waals surface area contributed by atoms with E-state index in [9.17, 15) is 4.79 Å². The first-order chi connectivity index (χ1) is 15.7. The zero-order valence-electron chi connectivity index (χ0n) is 20.2. The van der Waals surface area contributed by atoms with Gasteiger partial charge in [-0.05, 0) is 57.7 Å². The minimum absolute atomic E-state index is 0.211. The Hall–Kier alpha value is -3.07. The molecule has 1 saturated heterocycles. The highest BCUT2D eigenvalue weighted by Crippen LogP contribution is 2.29. The van der Waals surface area contributed by atoms with Crippen molar-refractivity contribution in [1.82, 2.24) is 14.9 Å². The molecule has 9 nitrogen and oxygen atoms in total. The van der Waals surface area contributed by atoms with Crippen LogP contribution < -0.4 is 15.8 Å². The van der Waals surface area contributed by atoms with Gasteiger partial charge in [0.1, 0.15) is 17.2 Å². The number of methoxy groups -OCH3 is 1. The zero-order valence-corrected chi connectivity index (χ0v) is 20.2. The minimum Gasteiger partial charge on any atom is -0.493 e. The lowest BCUT2D eigenvalue weighted by Crippen LogP contribution is -2.42. The predicted octanol–water partition coefficient (Wildman–Crippen LogP) is 3.94. The number of rotatable bonds is 7. The molecular weight excluding hydrogens is 422 g/mol. The Balaban J connectivity index is 1.62. The van der Waals surface area contributed by atoms with Crippen LogP contribution in [0.1, 0.15) is 39.2 Å². The van der Waals surface area contributed by atoms with Crippen molar-refractivity contribution in [1.29, 1.82) is 0 Å². The van der Waals surface area contributed by atoms with E-state index in [1.807, 2.05) is 45.0 Å². The Morgan fingerprint density at radius 1 is 1.21 bits per heavy atom. The maximum absolute atomic E-state index is 12.3. The fraction of sp³-hybridized carbons (Fsp3) is 0.542. The van der Waals surface area contributed by atoms with Crippen molar-refractivity contribution in [3.63, 3.8) is 0 Å². The van der Waals surface area contributed by atoms with Crippen LogP contribution in [0, 0.1) is 5.92 Å². The molecule has 0 unspecified atom stereocenters. The topological polar surface area (TPSA) is 112 Å². The number of carbonyl (C=O) groups excluding carboxylic acids is 1. The standard InChI is InChI=1S/C24H35N5O4/c1-24(2,3)33-23(30)29-10-8-16(9-11-29)14-32-20-7-6-17(12-18(20)15-31-5)19-13-21(26-4)28-22(25)27-19/h6-7,12-13,16H,8-11,14-15H2,1-5H3,(H3,25,26,27,28). The highest BCUT2D eigenvalue weighted by molar-refractivity contribution is 5.68. The second kappa shape index (κ2) is 10.7. The number of hydrogen-bond acceptors (Lipinski definition) is 8. The number of piperidine rings is 1. The van der Waals surface area contributed by atoms with Crippen LogP contribution in [0.25, 0.3) is 11.3 Å². The van der Waals surface area contributed by atoms with Gasteiger partial charge in [0.05, 0.1) is 18.9 Å². The molecule has 1 aromatic carbocycles. The lowest BCUT2D eigenvalue weighted by molar-refractivity contribution is 0.0164. The normalized spacial score (nSPS) is 14.8. The minimum atomic E-state index is -0.479. The molecule has 0 bridgehead atoms. The predicted molar refractivity (Wildman–Crippen MR) is 128 cm³/mol. The maximum Gasteiger partial charge on any atom is 0.410 e. The molecule has 0 spiro atoms. The average molecular weight is 458 g/mol. The van der Waals surface area contributed by atoms with Gasteiger partial charge in [-0.2, -0.15) is 4.98 Å². The van der Waals surface area contributed by atoms with E-state index < -0.39 is 5.60 Å². The number of nitrogens with zero attached hydrogens (tertiary/aromatic N) is 3. The molecule has 2 aromatic rings. The lowest BCUT2D eigenvalue weighted by atomic mass is 9.98. The monoisotopic (exact) mass is 457 g/mol. The second-order valence-electron chi connectivity index (χ2n) is 9.22. The zero-order chi connectivity index (χ0) is 24.0. The molecule has 1 aromatic heterocycles. The Bertz CT molecular complexity index is 952. The highest BCUT2D eigenvalue weighted by Gasteiger charge is 2.27. The summed E-state index contributed by atoms with van der Waals surface area (Å²) in [5, 5.41) is 2.99. The van der Waals surface area contributed by atoms with Gasteiger partial charge >= 0.3 is 6.09 Å². The van der Waals surface area contributed by atoms with E-state index in [1.54, 1.807) is 19.1 Å². The van der Waals surface area contributed by atoms with Crippen LogP contribution in [0.2, 0.25) is 0 Å². The number of amides is 1. The smallest absolute Gasteiger partial charge is 0.410 e. The molecule has 3 rings (SSSR count). The molecule has 3 N–H and O–H groups in total. The first-order valence-electron chi connectivity index (χ1n) is 11.2. The van der Waals surface area contributed by atoms with Crippen molar-refractivity contribution < 1.29 is 19.0 Å². The highest BCUT2D eigenvalue weighted by atomic mass is 16.6. The molecule has 0 aliphatic carbocycles. The quantitative estimate of drug-likeness (QED) is 0.643. The van der Waals surface area contributed by atoms with Crippen LogP contribution in [0.4, 0.5) is 16.6 Å². The summed E-state index contributed by atoms with van der Waals surface area (Å²) in [4.78, 5) is 22.5. The van der Waals surface area contributed by atoms with E-state index in [1.165, 1.54) is 0 Å². The molecule has 2 heterocycles. The summed E-state index contributed by atoms with van der Waals surface area (Å²) in [6.07, 6.45) is 1.51. The molecule has 180 valence electrons.